The van der Waals surface area contributed by atoms with Gasteiger partial charge < -0.3 is 15.0 Å². The van der Waals surface area contributed by atoms with E-state index in [1.54, 1.807) is 4.90 Å². The Labute approximate surface area is 225 Å². The number of rotatable bonds is 11. The smallest absolute Gasteiger partial charge is 0.261 e. The molecule has 0 aliphatic carbocycles. The maximum atomic E-state index is 13.7. The molecule has 0 spiro atoms. The van der Waals surface area contributed by atoms with Gasteiger partial charge >= 0.3 is 0 Å². The molecule has 0 aliphatic heterocycles. The molecule has 5 nitrogen and oxygen atoms in total. The molecule has 1 N–H and O–H groups in total. The Hall–Kier alpha value is -3.31. The second-order valence-electron chi connectivity index (χ2n) is 9.69. The lowest BCUT2D eigenvalue weighted by molar-refractivity contribution is -0.143. The normalized spacial score (nSPS) is 12.5. The molecule has 3 aromatic rings. The molecule has 0 radical (unpaired) electrons. The highest BCUT2D eigenvalue weighted by Gasteiger charge is 2.31. The molecule has 0 saturated carbocycles. The van der Waals surface area contributed by atoms with Gasteiger partial charge in [0.05, 0.1) is 0 Å². The molecule has 0 aliphatic rings. The first-order valence-corrected chi connectivity index (χ1v) is 13.1. The van der Waals surface area contributed by atoms with Crippen LogP contribution in [-0.4, -0.2) is 35.4 Å². The first kappa shape index (κ1) is 28.3. The van der Waals surface area contributed by atoms with E-state index < -0.39 is 6.04 Å². The van der Waals surface area contributed by atoms with Crippen molar-refractivity contribution in [1.82, 2.24) is 10.2 Å². The van der Waals surface area contributed by atoms with Crippen molar-refractivity contribution >= 4 is 23.4 Å². The van der Waals surface area contributed by atoms with Crippen LogP contribution in [0.5, 0.6) is 5.75 Å². The first-order valence-electron chi connectivity index (χ1n) is 12.8. The summed E-state index contributed by atoms with van der Waals surface area (Å²) in [6.45, 7) is 9.94. The van der Waals surface area contributed by atoms with Crippen LogP contribution in [0.15, 0.2) is 66.7 Å². The van der Waals surface area contributed by atoms with Crippen LogP contribution in [0, 0.1) is 20.8 Å². The van der Waals surface area contributed by atoms with Crippen LogP contribution in [0.2, 0.25) is 5.02 Å². The third kappa shape index (κ3) is 8.09. The fourth-order valence-electron chi connectivity index (χ4n) is 4.22. The summed E-state index contributed by atoms with van der Waals surface area (Å²) in [5.41, 5.74) is 4.81. The van der Waals surface area contributed by atoms with Gasteiger partial charge in [-0.15, -0.1) is 0 Å². The van der Waals surface area contributed by atoms with Gasteiger partial charge in [-0.2, -0.15) is 0 Å². The Morgan fingerprint density at radius 1 is 0.946 bits per heavy atom. The predicted octanol–water partition coefficient (Wildman–Crippen LogP) is 6.20. The van der Waals surface area contributed by atoms with Crippen molar-refractivity contribution in [3.05, 3.63) is 99.6 Å². The average Bonchev–Trinajstić information content (AvgIpc) is 2.88. The van der Waals surface area contributed by atoms with E-state index in [1.165, 1.54) is 0 Å². The summed E-state index contributed by atoms with van der Waals surface area (Å²) >= 11 is 6.30. The molecule has 2 amide bonds. The second kappa shape index (κ2) is 13.3. The highest BCUT2D eigenvalue weighted by Crippen LogP contribution is 2.26. The Bertz CT molecular complexity index is 1190. The van der Waals surface area contributed by atoms with Gasteiger partial charge in [0.15, 0.2) is 6.61 Å². The number of nitrogens with zero attached hydrogens (tertiary/aromatic N) is 1. The molecule has 0 aromatic heterocycles. The molecule has 3 aromatic carbocycles. The highest BCUT2D eigenvalue weighted by molar-refractivity contribution is 6.32. The minimum atomic E-state index is -0.693. The van der Waals surface area contributed by atoms with Crippen molar-refractivity contribution in [2.45, 2.75) is 66.1 Å². The van der Waals surface area contributed by atoms with Crippen molar-refractivity contribution in [3.63, 3.8) is 0 Å². The summed E-state index contributed by atoms with van der Waals surface area (Å²) in [6.07, 6.45) is 1.20. The lowest BCUT2D eigenvalue weighted by Crippen LogP contribution is -2.53. The lowest BCUT2D eigenvalue weighted by atomic mass is 10.0. The molecule has 2 atom stereocenters. The zero-order chi connectivity index (χ0) is 26.9. The maximum absolute atomic E-state index is 13.7. The minimum Gasteiger partial charge on any atom is -0.484 e. The number of nitrogens with one attached hydrogen (secondary N) is 1. The van der Waals surface area contributed by atoms with E-state index in [0.717, 1.165) is 34.2 Å². The van der Waals surface area contributed by atoms with Crippen LogP contribution in [0.3, 0.4) is 0 Å². The average molecular weight is 521 g/mol. The zero-order valence-corrected chi connectivity index (χ0v) is 23.1. The standard InChI is InChI=1S/C31H37ClN2O3/c1-6-24(5)33-31(36)28(18-25-12-8-7-9-13-25)34(19-26-14-10-11-21(2)15-26)29(35)20-37-27-16-22(3)30(32)23(4)17-27/h7-17,24,28H,6,18-20H2,1-5H3,(H,33,36)/t24-,28-/m0/s1. The van der Waals surface area contributed by atoms with Crippen molar-refractivity contribution in [1.29, 1.82) is 0 Å². The van der Waals surface area contributed by atoms with Gasteiger partial charge in [0, 0.05) is 24.0 Å². The van der Waals surface area contributed by atoms with Crippen LogP contribution >= 0.6 is 11.6 Å². The van der Waals surface area contributed by atoms with Gasteiger partial charge in [-0.05, 0) is 68.5 Å². The summed E-state index contributed by atoms with van der Waals surface area (Å²) in [4.78, 5) is 28.9. The molecular weight excluding hydrogens is 484 g/mol. The molecule has 0 saturated heterocycles. The van der Waals surface area contributed by atoms with Gasteiger partial charge in [-0.25, -0.2) is 0 Å². The van der Waals surface area contributed by atoms with Crippen molar-refractivity contribution < 1.29 is 14.3 Å². The minimum absolute atomic E-state index is 0.00189. The first-order chi connectivity index (χ1) is 17.7. The topological polar surface area (TPSA) is 58.6 Å². The molecule has 0 unspecified atom stereocenters. The number of ether oxygens (including phenoxy) is 1. The summed E-state index contributed by atoms with van der Waals surface area (Å²) in [5, 5.41) is 3.77. The van der Waals surface area contributed by atoms with Crippen LogP contribution in [0.25, 0.3) is 0 Å². The Morgan fingerprint density at radius 2 is 1.59 bits per heavy atom. The SMILES string of the molecule is CC[C@H](C)NC(=O)[C@H](Cc1ccccc1)N(Cc1cccc(C)c1)C(=O)COc1cc(C)c(Cl)c(C)c1. The van der Waals surface area contributed by atoms with E-state index in [4.69, 9.17) is 16.3 Å². The van der Waals surface area contributed by atoms with Crippen LogP contribution in [0.4, 0.5) is 0 Å². The molecule has 0 heterocycles. The molecular formula is C31H37ClN2O3. The summed E-state index contributed by atoms with van der Waals surface area (Å²) in [6, 6.07) is 20.7. The second-order valence-corrected chi connectivity index (χ2v) is 10.1. The summed E-state index contributed by atoms with van der Waals surface area (Å²) in [5.74, 6) is 0.149. The number of halogens is 1. The van der Waals surface area contributed by atoms with E-state index in [2.05, 4.69) is 5.32 Å². The molecule has 0 bridgehead atoms. The molecule has 6 heteroatoms. The van der Waals surface area contributed by atoms with Crippen molar-refractivity contribution in [2.24, 2.45) is 0 Å². The number of hydrogen-bond donors (Lipinski definition) is 1. The van der Waals surface area contributed by atoms with E-state index >= 15 is 0 Å². The summed E-state index contributed by atoms with van der Waals surface area (Å²) < 4.78 is 5.93. The van der Waals surface area contributed by atoms with Crippen LogP contribution in [0.1, 0.15) is 48.1 Å². The highest BCUT2D eigenvalue weighted by atomic mass is 35.5. The van der Waals surface area contributed by atoms with Crippen LogP contribution in [-0.2, 0) is 22.6 Å². The number of carbonyl (C=O) groups excluding carboxylic acids is 2. The van der Waals surface area contributed by atoms with Crippen LogP contribution < -0.4 is 10.1 Å². The zero-order valence-electron chi connectivity index (χ0n) is 22.4. The Kier molecular flexibility index (Phi) is 10.2. The molecule has 0 fully saturated rings. The number of amides is 2. The molecule has 37 heavy (non-hydrogen) atoms. The summed E-state index contributed by atoms with van der Waals surface area (Å²) in [7, 11) is 0. The third-order valence-electron chi connectivity index (χ3n) is 6.48. The van der Waals surface area contributed by atoms with Gasteiger partial charge in [-0.3, -0.25) is 9.59 Å². The monoisotopic (exact) mass is 520 g/mol. The molecule has 3 rings (SSSR count). The maximum Gasteiger partial charge on any atom is 0.261 e. The Morgan fingerprint density at radius 3 is 2.22 bits per heavy atom. The van der Waals surface area contributed by atoms with Gasteiger partial charge in [-0.1, -0.05) is 78.7 Å². The van der Waals surface area contributed by atoms with E-state index in [-0.39, 0.29) is 24.5 Å². The fraction of sp³-hybridized carbons (Fsp3) is 0.355. The van der Waals surface area contributed by atoms with Gasteiger partial charge in [0.1, 0.15) is 11.8 Å². The quantitative estimate of drug-likeness (QED) is 0.327. The van der Waals surface area contributed by atoms with Gasteiger partial charge in [0.2, 0.25) is 5.91 Å². The number of hydrogen-bond acceptors (Lipinski definition) is 3. The van der Waals surface area contributed by atoms with Gasteiger partial charge in [0.25, 0.3) is 5.91 Å². The lowest BCUT2D eigenvalue weighted by Gasteiger charge is -2.32. The van der Waals surface area contributed by atoms with Crippen molar-refractivity contribution in [2.75, 3.05) is 6.61 Å². The third-order valence-corrected chi connectivity index (χ3v) is 7.08. The number of benzene rings is 3. The van der Waals surface area contributed by atoms with Crippen molar-refractivity contribution in [3.8, 4) is 5.75 Å². The number of aryl methyl sites for hydroxylation is 3. The predicted molar refractivity (Wildman–Crippen MR) is 150 cm³/mol. The number of carbonyl (C=O) groups is 2. The Balaban J connectivity index is 1.93. The van der Waals surface area contributed by atoms with E-state index in [1.807, 2.05) is 101 Å². The van der Waals surface area contributed by atoms with E-state index in [9.17, 15) is 9.59 Å². The molecule has 196 valence electrons. The largest absolute Gasteiger partial charge is 0.484 e. The van der Waals surface area contributed by atoms with E-state index in [0.29, 0.717) is 23.7 Å². The fourth-order valence-corrected chi connectivity index (χ4v) is 4.33.